The first-order valence-electron chi connectivity index (χ1n) is 7.65. The Morgan fingerprint density at radius 2 is 2.14 bits per heavy atom. The van der Waals surface area contributed by atoms with Gasteiger partial charge in [-0.05, 0) is 36.6 Å². The largest absolute Gasteiger partial charge is 0.314 e. The molecule has 0 amide bonds. The minimum Gasteiger partial charge on any atom is -0.314 e. The van der Waals surface area contributed by atoms with Crippen molar-refractivity contribution in [2.75, 3.05) is 19.6 Å². The fourth-order valence-corrected chi connectivity index (χ4v) is 3.03. The van der Waals surface area contributed by atoms with E-state index in [4.69, 9.17) is 0 Å². The van der Waals surface area contributed by atoms with Gasteiger partial charge in [-0.3, -0.25) is 9.88 Å². The number of hydrogen-bond donors (Lipinski definition) is 1. The molecule has 1 saturated heterocycles. The Morgan fingerprint density at radius 1 is 1.27 bits per heavy atom. The van der Waals surface area contributed by atoms with Gasteiger partial charge in [-0.15, -0.1) is 12.4 Å². The average Bonchev–Trinajstić information content (AvgIpc) is 2.52. The van der Waals surface area contributed by atoms with Crippen molar-refractivity contribution in [2.45, 2.75) is 26.4 Å². The smallest absolute Gasteiger partial charge is 0.0491 e. The molecule has 3 rings (SSSR count). The number of hydrogen-bond acceptors (Lipinski definition) is 3. The van der Waals surface area contributed by atoms with E-state index in [0.29, 0.717) is 6.04 Å². The van der Waals surface area contributed by atoms with E-state index in [-0.39, 0.29) is 12.4 Å². The molecule has 0 spiro atoms. The Balaban J connectivity index is 0.00000176. The molecule has 0 radical (unpaired) electrons. The zero-order chi connectivity index (χ0) is 14.7. The van der Waals surface area contributed by atoms with E-state index in [1.165, 1.54) is 22.3 Å². The standard InChI is InChI=1S/C18H23N3.ClH/c1-14-5-6-15(2)17(10-14)13-21-9-8-20-12-18(21)16-4-3-7-19-11-16;/h3-7,10-11,18,20H,8-9,12-13H2,1-2H3;1H. The van der Waals surface area contributed by atoms with Crippen molar-refractivity contribution in [1.82, 2.24) is 15.2 Å². The molecule has 0 bridgehead atoms. The number of pyridine rings is 1. The third kappa shape index (κ3) is 3.86. The van der Waals surface area contributed by atoms with Crippen LogP contribution in [0.25, 0.3) is 0 Å². The van der Waals surface area contributed by atoms with Gasteiger partial charge in [-0.25, -0.2) is 0 Å². The summed E-state index contributed by atoms with van der Waals surface area (Å²) >= 11 is 0. The summed E-state index contributed by atoms with van der Waals surface area (Å²) in [6.07, 6.45) is 3.84. The summed E-state index contributed by atoms with van der Waals surface area (Å²) in [5.74, 6) is 0. The maximum Gasteiger partial charge on any atom is 0.0491 e. The van der Waals surface area contributed by atoms with Gasteiger partial charge >= 0.3 is 0 Å². The van der Waals surface area contributed by atoms with Crippen molar-refractivity contribution < 1.29 is 0 Å². The van der Waals surface area contributed by atoms with Crippen LogP contribution in [0.2, 0.25) is 0 Å². The van der Waals surface area contributed by atoms with Crippen LogP contribution >= 0.6 is 12.4 Å². The Hall–Kier alpha value is -1.42. The topological polar surface area (TPSA) is 28.2 Å². The SMILES string of the molecule is Cc1ccc(C)c(CN2CCNCC2c2cccnc2)c1.Cl. The van der Waals surface area contributed by atoms with E-state index in [1.807, 2.05) is 18.5 Å². The molecule has 2 heterocycles. The number of rotatable bonds is 3. The highest BCUT2D eigenvalue weighted by molar-refractivity contribution is 5.85. The number of nitrogens with zero attached hydrogens (tertiary/aromatic N) is 2. The van der Waals surface area contributed by atoms with Crippen molar-refractivity contribution in [3.05, 3.63) is 65.0 Å². The van der Waals surface area contributed by atoms with Crippen LogP contribution in [0.15, 0.2) is 42.7 Å². The van der Waals surface area contributed by atoms with Crippen molar-refractivity contribution >= 4 is 12.4 Å². The van der Waals surface area contributed by atoms with Crippen LogP contribution in [0.5, 0.6) is 0 Å². The van der Waals surface area contributed by atoms with Gasteiger partial charge in [0.05, 0.1) is 0 Å². The Labute approximate surface area is 139 Å². The molecule has 1 N–H and O–H groups in total. The Bertz CT molecular complexity index is 601. The minimum atomic E-state index is 0. The highest BCUT2D eigenvalue weighted by atomic mass is 35.5. The molecule has 1 aromatic carbocycles. The first-order chi connectivity index (χ1) is 10.2. The van der Waals surface area contributed by atoms with Gasteiger partial charge in [0.15, 0.2) is 0 Å². The third-order valence-corrected chi connectivity index (χ3v) is 4.30. The molecule has 3 nitrogen and oxygen atoms in total. The van der Waals surface area contributed by atoms with Crippen molar-refractivity contribution in [1.29, 1.82) is 0 Å². The molecule has 22 heavy (non-hydrogen) atoms. The summed E-state index contributed by atoms with van der Waals surface area (Å²) in [7, 11) is 0. The number of aryl methyl sites for hydroxylation is 2. The summed E-state index contributed by atoms with van der Waals surface area (Å²) in [4.78, 5) is 6.84. The quantitative estimate of drug-likeness (QED) is 0.941. The predicted molar refractivity (Wildman–Crippen MR) is 93.4 cm³/mol. The monoisotopic (exact) mass is 317 g/mol. The van der Waals surface area contributed by atoms with Crippen molar-refractivity contribution in [3.63, 3.8) is 0 Å². The Morgan fingerprint density at radius 3 is 2.91 bits per heavy atom. The van der Waals surface area contributed by atoms with Gasteiger partial charge in [0.1, 0.15) is 0 Å². The lowest BCUT2D eigenvalue weighted by Gasteiger charge is -2.36. The number of halogens is 1. The number of nitrogens with one attached hydrogen (secondary N) is 1. The van der Waals surface area contributed by atoms with Crippen LogP contribution in [-0.4, -0.2) is 29.5 Å². The predicted octanol–water partition coefficient (Wildman–Crippen LogP) is 3.27. The summed E-state index contributed by atoms with van der Waals surface area (Å²) in [5, 5.41) is 3.51. The average molecular weight is 318 g/mol. The van der Waals surface area contributed by atoms with Gasteiger partial charge < -0.3 is 5.32 Å². The van der Waals surface area contributed by atoms with Gasteiger partial charge in [-0.1, -0.05) is 29.8 Å². The van der Waals surface area contributed by atoms with Gasteiger partial charge in [0.25, 0.3) is 0 Å². The molecule has 118 valence electrons. The first-order valence-corrected chi connectivity index (χ1v) is 7.65. The molecule has 1 unspecified atom stereocenters. The second-order valence-electron chi connectivity index (χ2n) is 5.91. The molecule has 4 heteroatoms. The molecule has 1 fully saturated rings. The van der Waals surface area contributed by atoms with Crippen LogP contribution in [0.4, 0.5) is 0 Å². The van der Waals surface area contributed by atoms with E-state index in [1.54, 1.807) is 0 Å². The third-order valence-electron chi connectivity index (χ3n) is 4.30. The molecule has 1 aliphatic rings. The number of piperazine rings is 1. The number of aromatic nitrogens is 1. The molecule has 1 aromatic heterocycles. The van der Waals surface area contributed by atoms with Crippen molar-refractivity contribution in [2.24, 2.45) is 0 Å². The van der Waals surface area contributed by atoms with E-state index in [0.717, 1.165) is 26.2 Å². The molecule has 1 atom stereocenters. The van der Waals surface area contributed by atoms with Crippen LogP contribution in [0.1, 0.15) is 28.3 Å². The van der Waals surface area contributed by atoms with Gasteiger partial charge in [0.2, 0.25) is 0 Å². The van der Waals surface area contributed by atoms with Gasteiger partial charge in [0, 0.05) is 44.6 Å². The van der Waals surface area contributed by atoms with Gasteiger partial charge in [-0.2, -0.15) is 0 Å². The fourth-order valence-electron chi connectivity index (χ4n) is 3.03. The summed E-state index contributed by atoms with van der Waals surface area (Å²) in [6, 6.07) is 11.4. The summed E-state index contributed by atoms with van der Waals surface area (Å²) < 4.78 is 0. The maximum absolute atomic E-state index is 4.28. The lowest BCUT2D eigenvalue weighted by Crippen LogP contribution is -2.45. The molecule has 1 aliphatic heterocycles. The molecule has 2 aromatic rings. The van der Waals surface area contributed by atoms with E-state index in [2.05, 4.69) is 53.3 Å². The number of benzene rings is 1. The van der Waals surface area contributed by atoms with Crippen LogP contribution < -0.4 is 5.32 Å². The molecular formula is C18H24ClN3. The maximum atomic E-state index is 4.28. The second kappa shape index (κ2) is 7.73. The Kier molecular flexibility index (Phi) is 5.95. The summed E-state index contributed by atoms with van der Waals surface area (Å²) in [5.41, 5.74) is 5.45. The van der Waals surface area contributed by atoms with E-state index < -0.39 is 0 Å². The first kappa shape index (κ1) is 16.9. The molecular weight excluding hydrogens is 294 g/mol. The highest BCUT2D eigenvalue weighted by Gasteiger charge is 2.24. The van der Waals surface area contributed by atoms with Crippen LogP contribution in [0.3, 0.4) is 0 Å². The second-order valence-corrected chi connectivity index (χ2v) is 5.91. The lowest BCUT2D eigenvalue weighted by atomic mass is 10.0. The normalized spacial score (nSPS) is 18.7. The zero-order valence-electron chi connectivity index (χ0n) is 13.2. The van der Waals surface area contributed by atoms with E-state index in [9.17, 15) is 0 Å². The van der Waals surface area contributed by atoms with E-state index >= 15 is 0 Å². The lowest BCUT2D eigenvalue weighted by molar-refractivity contribution is 0.153. The van der Waals surface area contributed by atoms with Crippen molar-refractivity contribution in [3.8, 4) is 0 Å². The summed E-state index contributed by atoms with van der Waals surface area (Å²) in [6.45, 7) is 8.51. The van der Waals surface area contributed by atoms with Crippen LogP contribution in [0, 0.1) is 13.8 Å². The highest BCUT2D eigenvalue weighted by Crippen LogP contribution is 2.24. The molecule has 0 saturated carbocycles. The minimum absolute atomic E-state index is 0. The van der Waals surface area contributed by atoms with Crippen LogP contribution in [-0.2, 0) is 6.54 Å². The fraction of sp³-hybridized carbons (Fsp3) is 0.389. The zero-order valence-corrected chi connectivity index (χ0v) is 14.1. The molecule has 0 aliphatic carbocycles.